The molecule has 1 nitrogen and oxygen atoms in total. The summed E-state index contributed by atoms with van der Waals surface area (Å²) in [7, 11) is 0. The molecule has 0 saturated heterocycles. The highest BCUT2D eigenvalue weighted by Gasteiger charge is 1.94. The third-order valence-electron chi connectivity index (χ3n) is 1.41. The molecule has 1 heteroatoms. The highest BCUT2D eigenvalue weighted by Crippen LogP contribution is 2.01. The van der Waals surface area contributed by atoms with Crippen LogP contribution in [0.2, 0.25) is 0 Å². The molecule has 0 saturated carbocycles. The Morgan fingerprint density at radius 1 is 1.36 bits per heavy atom. The van der Waals surface area contributed by atoms with E-state index in [0.29, 0.717) is 0 Å². The summed E-state index contributed by atoms with van der Waals surface area (Å²) in [4.78, 5) is 0. The van der Waals surface area contributed by atoms with E-state index in [1.807, 2.05) is 12.2 Å². The van der Waals surface area contributed by atoms with Crippen LogP contribution < -0.4 is 0 Å². The van der Waals surface area contributed by atoms with Crippen molar-refractivity contribution in [3.63, 3.8) is 0 Å². The first-order valence-corrected chi connectivity index (χ1v) is 3.89. The molecule has 11 heavy (non-hydrogen) atoms. The van der Waals surface area contributed by atoms with E-state index in [1.54, 1.807) is 12.2 Å². The molecule has 0 bridgehead atoms. The topological polar surface area (TPSA) is 20.2 Å². The number of hydrogen-bond donors (Lipinski definition) is 1. The molecule has 0 spiro atoms. The molecule has 0 radical (unpaired) electrons. The summed E-state index contributed by atoms with van der Waals surface area (Å²) in [5.41, 5.74) is 0. The maximum atomic E-state index is 9.05. The van der Waals surface area contributed by atoms with Crippen molar-refractivity contribution in [2.45, 2.75) is 25.4 Å². The quantitative estimate of drug-likeness (QED) is 0.352. The van der Waals surface area contributed by atoms with Crippen LogP contribution in [0.15, 0.2) is 37.5 Å². The molecular formula is C10H16O. The molecule has 0 aliphatic heterocycles. The highest BCUT2D eigenvalue weighted by molar-refractivity contribution is 4.96. The predicted molar refractivity (Wildman–Crippen MR) is 49.4 cm³/mol. The van der Waals surface area contributed by atoms with Crippen LogP contribution in [0.5, 0.6) is 0 Å². The van der Waals surface area contributed by atoms with E-state index in [-0.39, 0.29) is 6.10 Å². The SMILES string of the molecule is C=C/C=C/CCCC(O)C=C. The van der Waals surface area contributed by atoms with E-state index in [0.717, 1.165) is 19.3 Å². The lowest BCUT2D eigenvalue weighted by Gasteiger charge is -2.01. The summed E-state index contributed by atoms with van der Waals surface area (Å²) in [6, 6.07) is 0. The molecule has 1 atom stereocenters. The standard InChI is InChI=1S/C10H16O/c1-3-5-6-7-8-9-10(11)4-2/h3-6,10-11H,1-2,7-9H2/b6-5+. The predicted octanol–water partition coefficient (Wildman–Crippen LogP) is 2.45. The largest absolute Gasteiger partial charge is 0.389 e. The Hall–Kier alpha value is -0.820. The van der Waals surface area contributed by atoms with Crippen LogP contribution in [-0.2, 0) is 0 Å². The van der Waals surface area contributed by atoms with Gasteiger partial charge in [0, 0.05) is 0 Å². The van der Waals surface area contributed by atoms with Gasteiger partial charge in [-0.15, -0.1) is 6.58 Å². The Kier molecular flexibility index (Phi) is 6.75. The van der Waals surface area contributed by atoms with E-state index in [4.69, 9.17) is 5.11 Å². The van der Waals surface area contributed by atoms with Gasteiger partial charge in [-0.25, -0.2) is 0 Å². The van der Waals surface area contributed by atoms with Crippen molar-refractivity contribution in [2.75, 3.05) is 0 Å². The molecule has 0 aliphatic rings. The number of rotatable bonds is 6. The van der Waals surface area contributed by atoms with Gasteiger partial charge in [0.25, 0.3) is 0 Å². The maximum absolute atomic E-state index is 9.05. The fourth-order valence-corrected chi connectivity index (χ4v) is 0.755. The smallest absolute Gasteiger partial charge is 0.0718 e. The second-order valence-corrected chi connectivity index (χ2v) is 2.40. The molecule has 0 rings (SSSR count). The third kappa shape index (κ3) is 7.07. The van der Waals surface area contributed by atoms with E-state index in [2.05, 4.69) is 13.2 Å². The molecule has 0 heterocycles. The molecule has 0 aromatic heterocycles. The van der Waals surface area contributed by atoms with Gasteiger partial charge in [0.1, 0.15) is 0 Å². The van der Waals surface area contributed by atoms with Crippen LogP contribution in [-0.4, -0.2) is 11.2 Å². The lowest BCUT2D eigenvalue weighted by Crippen LogP contribution is -1.99. The number of allylic oxidation sites excluding steroid dienone is 3. The zero-order chi connectivity index (χ0) is 8.53. The van der Waals surface area contributed by atoms with Crippen LogP contribution in [0.25, 0.3) is 0 Å². The van der Waals surface area contributed by atoms with Crippen LogP contribution in [0.3, 0.4) is 0 Å². The Balaban J connectivity index is 3.20. The summed E-state index contributed by atoms with van der Waals surface area (Å²) in [6.45, 7) is 7.05. The number of aliphatic hydroxyl groups excluding tert-OH is 1. The minimum Gasteiger partial charge on any atom is -0.389 e. The van der Waals surface area contributed by atoms with Crippen LogP contribution >= 0.6 is 0 Å². The monoisotopic (exact) mass is 152 g/mol. The molecule has 1 unspecified atom stereocenters. The lowest BCUT2D eigenvalue weighted by atomic mass is 10.1. The minimum atomic E-state index is -0.341. The average Bonchev–Trinajstić information content (AvgIpc) is 2.04. The van der Waals surface area contributed by atoms with Crippen molar-refractivity contribution >= 4 is 0 Å². The Bertz CT molecular complexity index is 136. The second-order valence-electron chi connectivity index (χ2n) is 2.40. The minimum absolute atomic E-state index is 0.341. The molecule has 0 aromatic carbocycles. The van der Waals surface area contributed by atoms with Crippen LogP contribution in [0.1, 0.15) is 19.3 Å². The van der Waals surface area contributed by atoms with Gasteiger partial charge in [-0.05, 0) is 19.3 Å². The Labute approximate surface area is 68.7 Å². The lowest BCUT2D eigenvalue weighted by molar-refractivity contribution is 0.210. The third-order valence-corrected chi connectivity index (χ3v) is 1.41. The van der Waals surface area contributed by atoms with Gasteiger partial charge in [0.15, 0.2) is 0 Å². The first-order chi connectivity index (χ1) is 5.31. The first kappa shape index (κ1) is 10.2. The summed E-state index contributed by atoms with van der Waals surface area (Å²) in [5, 5.41) is 9.05. The van der Waals surface area contributed by atoms with Gasteiger partial charge in [-0.1, -0.05) is 30.9 Å². The normalized spacial score (nSPS) is 13.2. The van der Waals surface area contributed by atoms with Crippen molar-refractivity contribution < 1.29 is 5.11 Å². The molecular weight excluding hydrogens is 136 g/mol. The molecule has 62 valence electrons. The molecule has 0 fully saturated rings. The van der Waals surface area contributed by atoms with Crippen LogP contribution in [0.4, 0.5) is 0 Å². The Morgan fingerprint density at radius 2 is 2.09 bits per heavy atom. The second kappa shape index (κ2) is 7.29. The summed E-state index contributed by atoms with van der Waals surface area (Å²) in [5.74, 6) is 0. The zero-order valence-electron chi connectivity index (χ0n) is 6.87. The molecule has 0 amide bonds. The van der Waals surface area contributed by atoms with Crippen molar-refractivity contribution in [3.8, 4) is 0 Å². The summed E-state index contributed by atoms with van der Waals surface area (Å²) >= 11 is 0. The van der Waals surface area contributed by atoms with Crippen molar-refractivity contribution in [1.29, 1.82) is 0 Å². The number of aliphatic hydroxyl groups is 1. The zero-order valence-corrected chi connectivity index (χ0v) is 6.87. The number of unbranched alkanes of at least 4 members (excludes halogenated alkanes) is 1. The van der Waals surface area contributed by atoms with E-state index in [1.165, 1.54) is 0 Å². The van der Waals surface area contributed by atoms with E-state index < -0.39 is 0 Å². The van der Waals surface area contributed by atoms with Gasteiger partial charge >= 0.3 is 0 Å². The van der Waals surface area contributed by atoms with Gasteiger partial charge in [-0.2, -0.15) is 0 Å². The number of hydrogen-bond acceptors (Lipinski definition) is 1. The van der Waals surface area contributed by atoms with Crippen molar-refractivity contribution in [3.05, 3.63) is 37.5 Å². The van der Waals surface area contributed by atoms with Gasteiger partial charge in [-0.3, -0.25) is 0 Å². The van der Waals surface area contributed by atoms with Gasteiger partial charge in [0.05, 0.1) is 6.10 Å². The maximum Gasteiger partial charge on any atom is 0.0718 e. The summed E-state index contributed by atoms with van der Waals surface area (Å²) in [6.07, 6.45) is 9.73. The molecule has 0 aromatic rings. The first-order valence-electron chi connectivity index (χ1n) is 3.89. The summed E-state index contributed by atoms with van der Waals surface area (Å²) < 4.78 is 0. The van der Waals surface area contributed by atoms with Crippen molar-refractivity contribution in [1.82, 2.24) is 0 Å². The van der Waals surface area contributed by atoms with E-state index >= 15 is 0 Å². The fraction of sp³-hybridized carbons (Fsp3) is 0.400. The van der Waals surface area contributed by atoms with Gasteiger partial charge < -0.3 is 5.11 Å². The fourth-order valence-electron chi connectivity index (χ4n) is 0.755. The van der Waals surface area contributed by atoms with Crippen LogP contribution in [0, 0.1) is 0 Å². The Morgan fingerprint density at radius 3 is 2.64 bits per heavy atom. The van der Waals surface area contributed by atoms with E-state index in [9.17, 15) is 0 Å². The van der Waals surface area contributed by atoms with Gasteiger partial charge in [0.2, 0.25) is 0 Å². The highest BCUT2D eigenvalue weighted by atomic mass is 16.3. The van der Waals surface area contributed by atoms with Crippen molar-refractivity contribution in [2.24, 2.45) is 0 Å². The average molecular weight is 152 g/mol. The molecule has 1 N–H and O–H groups in total. The molecule has 0 aliphatic carbocycles.